The van der Waals surface area contributed by atoms with Crippen molar-refractivity contribution in [3.8, 4) is 5.75 Å². The van der Waals surface area contributed by atoms with Crippen LogP contribution >= 0.6 is 12.2 Å². The number of pyridine rings is 1. The van der Waals surface area contributed by atoms with Gasteiger partial charge in [-0.1, -0.05) is 26.1 Å². The molecule has 200 valence electrons. The Kier molecular flexibility index (Phi) is 11.1. The molecule has 6 N–H and O–H groups in total. The molecule has 3 heterocycles. The molecule has 1 aliphatic carbocycles. The molecule has 0 bridgehead atoms. The number of alkyl halides is 2. The summed E-state index contributed by atoms with van der Waals surface area (Å²) in [5.74, 6) is 5.65. The molecule has 3 aliphatic rings. The van der Waals surface area contributed by atoms with E-state index in [0.717, 1.165) is 12.3 Å². The van der Waals surface area contributed by atoms with Crippen molar-refractivity contribution in [1.29, 1.82) is 0 Å². The molecule has 2 aliphatic heterocycles. The van der Waals surface area contributed by atoms with E-state index in [4.69, 9.17) is 21.1 Å². The lowest BCUT2D eigenvalue weighted by atomic mass is 9.95. The summed E-state index contributed by atoms with van der Waals surface area (Å²) in [6.45, 7) is 4.64. The molecule has 0 atom stereocenters. The summed E-state index contributed by atoms with van der Waals surface area (Å²) in [7, 11) is 1.36. The van der Waals surface area contributed by atoms with E-state index in [1.165, 1.54) is 30.9 Å². The van der Waals surface area contributed by atoms with E-state index in [2.05, 4.69) is 22.5 Å². The van der Waals surface area contributed by atoms with Crippen LogP contribution in [0.2, 0.25) is 0 Å². The Labute approximate surface area is 215 Å². The third-order valence-corrected chi connectivity index (χ3v) is 5.67. The molecule has 0 unspecified atom stereocenters. The van der Waals surface area contributed by atoms with Gasteiger partial charge in [-0.15, -0.1) is 0 Å². The van der Waals surface area contributed by atoms with Crippen LogP contribution in [0.1, 0.15) is 45.8 Å². The van der Waals surface area contributed by atoms with Gasteiger partial charge in [-0.2, -0.15) is 0 Å². The SMILES string of the molecule is CC.COc1cnc(C(F)F)cc1C1=C(C(=O)NN)CNC(N2CCOCC2=O)=C1.NC(=S)C1CC1.[HH]. The number of hydrogen-bond acceptors (Lipinski definition) is 8. The first-order chi connectivity index (χ1) is 17.3. The maximum atomic E-state index is 13.2. The number of methoxy groups -OCH3 is 1. The highest BCUT2D eigenvalue weighted by Gasteiger charge is 2.29. The molecule has 10 nitrogen and oxygen atoms in total. The maximum Gasteiger partial charge on any atom is 0.280 e. The number of thiocarbonyl (C=S) groups is 1. The lowest BCUT2D eigenvalue weighted by Crippen LogP contribution is -2.46. The van der Waals surface area contributed by atoms with Gasteiger partial charge in [-0.05, 0) is 30.6 Å². The lowest BCUT2D eigenvalue weighted by Gasteiger charge is -2.32. The Bertz CT molecular complexity index is 1040. The highest BCUT2D eigenvalue weighted by atomic mass is 32.1. The number of amides is 2. The van der Waals surface area contributed by atoms with Crippen molar-refractivity contribution in [1.82, 2.24) is 20.6 Å². The van der Waals surface area contributed by atoms with Gasteiger partial charge in [-0.3, -0.25) is 24.9 Å². The van der Waals surface area contributed by atoms with Crippen LogP contribution in [-0.2, 0) is 14.3 Å². The van der Waals surface area contributed by atoms with Crippen molar-refractivity contribution in [3.05, 3.63) is 41.0 Å². The van der Waals surface area contributed by atoms with Gasteiger partial charge in [0.15, 0.2) is 0 Å². The number of carbonyl (C=O) groups excluding carboxylic acids is 2. The van der Waals surface area contributed by atoms with Gasteiger partial charge >= 0.3 is 0 Å². The average Bonchev–Trinajstić information content (AvgIpc) is 3.75. The Hall–Kier alpha value is -3.16. The molecule has 2 fully saturated rings. The molecule has 1 saturated carbocycles. The first-order valence-electron chi connectivity index (χ1n) is 11.5. The molecule has 0 spiro atoms. The molecular weight excluding hydrogens is 494 g/mol. The zero-order valence-corrected chi connectivity index (χ0v) is 21.3. The van der Waals surface area contributed by atoms with Crippen molar-refractivity contribution in [2.75, 3.05) is 33.4 Å². The highest BCUT2D eigenvalue weighted by molar-refractivity contribution is 7.80. The molecule has 36 heavy (non-hydrogen) atoms. The van der Waals surface area contributed by atoms with E-state index in [1.807, 2.05) is 19.3 Å². The normalized spacial score (nSPS) is 17.1. The first kappa shape index (κ1) is 29.1. The zero-order valence-electron chi connectivity index (χ0n) is 20.5. The minimum absolute atomic E-state index is 0. The van der Waals surface area contributed by atoms with Gasteiger partial charge < -0.3 is 20.5 Å². The van der Waals surface area contributed by atoms with Gasteiger partial charge in [0.05, 0.1) is 31.4 Å². The predicted octanol–water partition coefficient (Wildman–Crippen LogP) is 2.03. The number of nitrogens with zero attached hydrogens (tertiary/aromatic N) is 2. The van der Waals surface area contributed by atoms with Crippen LogP contribution < -0.4 is 27.1 Å². The van der Waals surface area contributed by atoms with Crippen LogP contribution in [0.4, 0.5) is 8.78 Å². The highest BCUT2D eigenvalue weighted by Crippen LogP contribution is 2.34. The van der Waals surface area contributed by atoms with Crippen LogP contribution in [0.15, 0.2) is 29.7 Å². The molecule has 0 radical (unpaired) electrons. The van der Waals surface area contributed by atoms with Gasteiger partial charge in [0, 0.05) is 25.0 Å². The standard InChI is InChI=1S/C17H19F2N5O4.C4H7NS.C2H6.H2/c1-27-13-7-21-12(16(18)19)4-10(13)9-5-14(22-6-11(9)17(26)23-20)24-2-3-28-8-15(24)25;5-4(6)3-1-2-3;1-2;/h4-5,7,16,22H,2-3,6,8,20H2,1H3,(H,23,26);3H,1-2H2,(H2,5,6);1-2H3;1H. The van der Waals surface area contributed by atoms with E-state index >= 15 is 0 Å². The van der Waals surface area contributed by atoms with Crippen molar-refractivity contribution in [3.63, 3.8) is 0 Å². The largest absolute Gasteiger partial charge is 0.494 e. The van der Waals surface area contributed by atoms with Gasteiger partial charge in [-0.25, -0.2) is 14.6 Å². The average molecular weight is 529 g/mol. The summed E-state index contributed by atoms with van der Waals surface area (Å²) < 4.78 is 36.7. The minimum atomic E-state index is -2.80. The molecule has 1 saturated heterocycles. The van der Waals surface area contributed by atoms with Crippen molar-refractivity contribution < 1.29 is 29.3 Å². The molecule has 0 aromatic carbocycles. The monoisotopic (exact) mass is 528 g/mol. The molecule has 13 heteroatoms. The fourth-order valence-electron chi connectivity index (χ4n) is 3.34. The maximum absolute atomic E-state index is 13.2. The Morgan fingerprint density at radius 3 is 2.61 bits per heavy atom. The summed E-state index contributed by atoms with van der Waals surface area (Å²) in [4.78, 5) is 30.2. The Morgan fingerprint density at radius 2 is 2.11 bits per heavy atom. The van der Waals surface area contributed by atoms with Crippen molar-refractivity contribution >= 4 is 34.6 Å². The lowest BCUT2D eigenvalue weighted by molar-refractivity contribution is -0.140. The number of morpholine rings is 1. The van der Waals surface area contributed by atoms with Gasteiger partial charge in [0.2, 0.25) is 0 Å². The van der Waals surface area contributed by atoms with E-state index < -0.39 is 18.0 Å². The van der Waals surface area contributed by atoms with E-state index in [9.17, 15) is 18.4 Å². The molecule has 2 amide bonds. The number of allylic oxidation sites excluding steroid dienone is 2. The third-order valence-electron chi connectivity index (χ3n) is 5.34. The van der Waals surface area contributed by atoms with Gasteiger partial charge in [0.25, 0.3) is 18.2 Å². The fraction of sp³-hybridized carbons (Fsp3) is 0.478. The number of hydrazine groups is 1. The summed E-state index contributed by atoms with van der Waals surface area (Å²) in [6, 6.07) is 1.16. The zero-order chi connectivity index (χ0) is 26.8. The van der Waals surface area contributed by atoms with E-state index in [-0.39, 0.29) is 37.4 Å². The Balaban J connectivity index is 0.000000658. The third kappa shape index (κ3) is 7.42. The summed E-state index contributed by atoms with van der Waals surface area (Å²) in [6.07, 6.45) is 2.36. The topological polar surface area (TPSA) is 145 Å². The van der Waals surface area contributed by atoms with Gasteiger partial charge in [0.1, 0.15) is 23.9 Å². The van der Waals surface area contributed by atoms with Crippen LogP contribution in [0.3, 0.4) is 0 Å². The number of aromatic nitrogens is 1. The Morgan fingerprint density at radius 1 is 1.42 bits per heavy atom. The summed E-state index contributed by atoms with van der Waals surface area (Å²) in [5.41, 5.74) is 7.55. The molecule has 1 aromatic rings. The second kappa shape index (κ2) is 13.8. The first-order valence-corrected chi connectivity index (χ1v) is 11.9. The quantitative estimate of drug-likeness (QED) is 0.189. The number of ether oxygens (including phenoxy) is 2. The van der Waals surface area contributed by atoms with Crippen LogP contribution in [-0.4, -0.2) is 60.1 Å². The van der Waals surface area contributed by atoms with E-state index in [1.54, 1.807) is 0 Å². The van der Waals surface area contributed by atoms with Crippen LogP contribution in [0, 0.1) is 5.92 Å². The fourth-order valence-corrected chi connectivity index (χ4v) is 3.58. The summed E-state index contributed by atoms with van der Waals surface area (Å²) in [5, 5.41) is 2.99. The number of nitrogens with two attached hydrogens (primary N) is 2. The molecule has 4 rings (SSSR count). The second-order valence-corrected chi connectivity index (χ2v) is 8.10. The molecular formula is C23H34F2N6O4S. The predicted molar refractivity (Wildman–Crippen MR) is 137 cm³/mol. The number of dihydropyridines is 1. The van der Waals surface area contributed by atoms with Crippen LogP contribution in [0.25, 0.3) is 5.57 Å². The number of carbonyl (C=O) groups is 2. The number of halogens is 2. The number of rotatable bonds is 6. The number of nitrogens with one attached hydrogen (secondary N) is 2. The second-order valence-electron chi connectivity index (χ2n) is 7.63. The summed E-state index contributed by atoms with van der Waals surface area (Å²) >= 11 is 4.66. The minimum Gasteiger partial charge on any atom is -0.494 e. The van der Waals surface area contributed by atoms with Crippen molar-refractivity contribution in [2.45, 2.75) is 33.1 Å². The number of hydrogen-bond donors (Lipinski definition) is 4. The van der Waals surface area contributed by atoms with E-state index in [0.29, 0.717) is 35.5 Å². The molecule has 1 aromatic heterocycles. The van der Waals surface area contributed by atoms with Crippen LogP contribution in [0.5, 0.6) is 5.75 Å². The smallest absolute Gasteiger partial charge is 0.280 e. The van der Waals surface area contributed by atoms with Crippen molar-refractivity contribution in [2.24, 2.45) is 17.5 Å².